The molecule has 3 aliphatic rings. The number of hydrogen-bond donors (Lipinski definition) is 3. The third kappa shape index (κ3) is 4.88. The van der Waals surface area contributed by atoms with Crippen LogP contribution in [0.15, 0.2) is 40.8 Å². The minimum absolute atomic E-state index is 0.147. The SMILES string of the molecule is CCCN(C)C(=O)C1N=C(N)C2=C(N1)N(Cc1cccc(CN3CCCC3)c1)CC(=O)N2. The second-order valence-electron chi connectivity index (χ2n) is 8.75. The summed E-state index contributed by atoms with van der Waals surface area (Å²) in [7, 11) is 1.76. The van der Waals surface area contributed by atoms with Gasteiger partial charge in [-0.1, -0.05) is 31.2 Å². The number of likely N-dealkylation sites (tertiary alicyclic amines) is 1. The number of nitrogens with one attached hydrogen (secondary N) is 2. The number of amidine groups is 1. The maximum atomic E-state index is 12.8. The lowest BCUT2D eigenvalue weighted by Gasteiger charge is -2.38. The van der Waals surface area contributed by atoms with Gasteiger partial charge in [0, 0.05) is 26.7 Å². The number of rotatable bonds is 7. The van der Waals surface area contributed by atoms with Crippen molar-refractivity contribution >= 4 is 17.6 Å². The average Bonchev–Trinajstić information content (AvgIpc) is 3.27. The lowest BCUT2D eigenvalue weighted by molar-refractivity contribution is -0.132. The van der Waals surface area contributed by atoms with Gasteiger partial charge in [-0.3, -0.25) is 14.5 Å². The van der Waals surface area contributed by atoms with E-state index in [1.165, 1.54) is 18.4 Å². The molecule has 1 saturated heterocycles. The molecule has 1 unspecified atom stereocenters. The first-order valence-electron chi connectivity index (χ1n) is 11.4. The molecule has 0 spiro atoms. The Balaban J connectivity index is 1.52. The predicted molar refractivity (Wildman–Crippen MR) is 123 cm³/mol. The van der Waals surface area contributed by atoms with Gasteiger partial charge in [0.25, 0.3) is 5.91 Å². The zero-order chi connectivity index (χ0) is 22.7. The number of hydrogen-bond acceptors (Lipinski definition) is 7. The zero-order valence-corrected chi connectivity index (χ0v) is 18.9. The molecule has 0 aliphatic carbocycles. The molecule has 0 bridgehead atoms. The van der Waals surface area contributed by atoms with Crippen LogP contribution in [0.2, 0.25) is 0 Å². The molecular formula is C23H33N7O2. The molecule has 2 amide bonds. The Kier molecular flexibility index (Phi) is 6.64. The van der Waals surface area contributed by atoms with E-state index in [9.17, 15) is 9.59 Å². The van der Waals surface area contributed by atoms with Crippen molar-refractivity contribution in [1.29, 1.82) is 0 Å². The zero-order valence-electron chi connectivity index (χ0n) is 18.9. The van der Waals surface area contributed by atoms with E-state index in [1.807, 2.05) is 11.8 Å². The lowest BCUT2D eigenvalue weighted by atomic mass is 10.1. The normalized spacial score (nSPS) is 21.1. The summed E-state index contributed by atoms with van der Waals surface area (Å²) in [6.45, 7) is 6.62. The largest absolute Gasteiger partial charge is 0.382 e. The minimum atomic E-state index is -0.802. The van der Waals surface area contributed by atoms with Gasteiger partial charge in [-0.25, -0.2) is 4.99 Å². The van der Waals surface area contributed by atoms with Crippen LogP contribution in [0, 0.1) is 0 Å². The van der Waals surface area contributed by atoms with Gasteiger partial charge in [-0.05, 0) is 43.5 Å². The van der Waals surface area contributed by atoms with E-state index in [0.717, 1.165) is 31.6 Å². The Morgan fingerprint density at radius 2 is 1.97 bits per heavy atom. The summed E-state index contributed by atoms with van der Waals surface area (Å²) in [5.41, 5.74) is 8.98. The van der Waals surface area contributed by atoms with Crippen molar-refractivity contribution in [3.05, 3.63) is 46.9 Å². The van der Waals surface area contributed by atoms with Crippen LogP contribution in [-0.2, 0) is 22.7 Å². The van der Waals surface area contributed by atoms with Gasteiger partial charge in [0.1, 0.15) is 17.4 Å². The fraction of sp³-hybridized carbons (Fsp3) is 0.522. The highest BCUT2D eigenvalue weighted by Gasteiger charge is 2.35. The smallest absolute Gasteiger partial charge is 0.267 e. The van der Waals surface area contributed by atoms with Crippen LogP contribution < -0.4 is 16.4 Å². The average molecular weight is 440 g/mol. The summed E-state index contributed by atoms with van der Waals surface area (Å²) < 4.78 is 0. The van der Waals surface area contributed by atoms with Gasteiger partial charge in [0.05, 0.1) is 6.54 Å². The Labute approximate surface area is 189 Å². The summed E-state index contributed by atoms with van der Waals surface area (Å²) in [6.07, 6.45) is 2.59. The first-order valence-corrected chi connectivity index (χ1v) is 11.4. The van der Waals surface area contributed by atoms with Crippen LogP contribution in [-0.4, -0.2) is 71.7 Å². The molecule has 1 aromatic carbocycles. The fourth-order valence-corrected chi connectivity index (χ4v) is 4.51. The molecule has 0 radical (unpaired) electrons. The minimum Gasteiger partial charge on any atom is -0.382 e. The molecule has 0 aromatic heterocycles. The quantitative estimate of drug-likeness (QED) is 0.573. The molecule has 4 N–H and O–H groups in total. The Bertz CT molecular complexity index is 936. The molecule has 3 aliphatic heterocycles. The van der Waals surface area contributed by atoms with Crippen molar-refractivity contribution in [3.63, 3.8) is 0 Å². The summed E-state index contributed by atoms with van der Waals surface area (Å²) in [5, 5.41) is 6.02. The van der Waals surface area contributed by atoms with Crippen LogP contribution in [0.1, 0.15) is 37.3 Å². The molecular weight excluding hydrogens is 406 g/mol. The molecule has 172 valence electrons. The van der Waals surface area contributed by atoms with Gasteiger partial charge >= 0.3 is 0 Å². The number of benzene rings is 1. The highest BCUT2D eigenvalue weighted by molar-refractivity contribution is 6.04. The molecule has 4 rings (SSSR count). The number of likely N-dealkylation sites (N-methyl/N-ethyl adjacent to an activating group) is 1. The summed E-state index contributed by atoms with van der Waals surface area (Å²) >= 11 is 0. The first-order chi connectivity index (χ1) is 15.4. The van der Waals surface area contributed by atoms with Crippen LogP contribution in [0.4, 0.5) is 0 Å². The number of amides is 2. The third-order valence-electron chi connectivity index (χ3n) is 6.09. The van der Waals surface area contributed by atoms with Gasteiger partial charge in [0.15, 0.2) is 0 Å². The number of carbonyl (C=O) groups excluding carboxylic acids is 2. The number of nitrogens with zero attached hydrogens (tertiary/aromatic N) is 4. The standard InChI is InChI=1S/C23H33N7O2/c1-3-9-28(2)23(32)21-26-20(24)19-22(27-21)30(15-18(31)25-19)14-17-8-6-7-16(12-17)13-29-10-4-5-11-29/h6-8,12,21,27H,3-5,9-11,13-15H2,1-2H3,(H2,24,26)(H,25,31). The van der Waals surface area contributed by atoms with Crippen molar-refractivity contribution < 1.29 is 9.59 Å². The molecule has 3 heterocycles. The second-order valence-corrected chi connectivity index (χ2v) is 8.75. The van der Waals surface area contributed by atoms with Crippen LogP contribution >= 0.6 is 0 Å². The molecule has 1 aromatic rings. The Morgan fingerprint density at radius 3 is 2.69 bits per heavy atom. The van der Waals surface area contributed by atoms with E-state index >= 15 is 0 Å². The highest BCUT2D eigenvalue weighted by atomic mass is 16.2. The Morgan fingerprint density at radius 1 is 1.25 bits per heavy atom. The first kappa shape index (κ1) is 22.1. The molecule has 32 heavy (non-hydrogen) atoms. The van der Waals surface area contributed by atoms with Crippen molar-refractivity contribution in [2.75, 3.05) is 33.2 Å². The summed E-state index contributed by atoms with van der Waals surface area (Å²) in [5.74, 6) is 0.517. The van der Waals surface area contributed by atoms with Crippen LogP contribution in [0.5, 0.6) is 0 Å². The van der Waals surface area contributed by atoms with Gasteiger partial charge in [-0.15, -0.1) is 0 Å². The second kappa shape index (κ2) is 9.60. The third-order valence-corrected chi connectivity index (χ3v) is 6.09. The van der Waals surface area contributed by atoms with Crippen LogP contribution in [0.25, 0.3) is 0 Å². The molecule has 1 atom stereocenters. The van der Waals surface area contributed by atoms with E-state index in [-0.39, 0.29) is 24.2 Å². The van der Waals surface area contributed by atoms with Gasteiger partial charge in [-0.2, -0.15) is 0 Å². The van der Waals surface area contributed by atoms with Gasteiger partial charge < -0.3 is 26.2 Å². The molecule has 9 heteroatoms. The van der Waals surface area contributed by atoms with E-state index in [1.54, 1.807) is 11.9 Å². The maximum Gasteiger partial charge on any atom is 0.267 e. The Hall–Kier alpha value is -3.07. The number of nitrogens with two attached hydrogens (primary N) is 1. The van der Waals surface area contributed by atoms with Crippen molar-refractivity contribution in [1.82, 2.24) is 25.3 Å². The van der Waals surface area contributed by atoms with Gasteiger partial charge in [0.2, 0.25) is 12.1 Å². The van der Waals surface area contributed by atoms with E-state index in [0.29, 0.717) is 24.6 Å². The molecule has 1 fully saturated rings. The molecule has 9 nitrogen and oxygen atoms in total. The van der Waals surface area contributed by atoms with E-state index in [4.69, 9.17) is 5.73 Å². The summed E-state index contributed by atoms with van der Waals surface area (Å²) in [6, 6.07) is 8.48. The highest BCUT2D eigenvalue weighted by Crippen LogP contribution is 2.21. The monoisotopic (exact) mass is 439 g/mol. The predicted octanol–water partition coefficient (Wildman–Crippen LogP) is 0.538. The van der Waals surface area contributed by atoms with Crippen molar-refractivity contribution in [3.8, 4) is 0 Å². The lowest BCUT2D eigenvalue weighted by Crippen LogP contribution is -2.57. The fourth-order valence-electron chi connectivity index (χ4n) is 4.51. The van der Waals surface area contributed by atoms with Crippen molar-refractivity contribution in [2.45, 2.75) is 45.4 Å². The van der Waals surface area contributed by atoms with Crippen LogP contribution in [0.3, 0.4) is 0 Å². The topological polar surface area (TPSA) is 106 Å². The van der Waals surface area contributed by atoms with E-state index < -0.39 is 6.17 Å². The molecule has 0 saturated carbocycles. The van der Waals surface area contributed by atoms with Crippen molar-refractivity contribution in [2.24, 2.45) is 10.7 Å². The summed E-state index contributed by atoms with van der Waals surface area (Å²) in [4.78, 5) is 35.5. The maximum absolute atomic E-state index is 12.8. The number of carbonyl (C=O) groups is 2. The van der Waals surface area contributed by atoms with E-state index in [2.05, 4.69) is 44.8 Å². The number of aliphatic imine (C=N–C) groups is 1.